The molecule has 2 aromatic rings. The van der Waals surface area contributed by atoms with E-state index in [0.717, 1.165) is 11.1 Å². The van der Waals surface area contributed by atoms with Gasteiger partial charge in [0.2, 0.25) is 0 Å². The van der Waals surface area contributed by atoms with Crippen LogP contribution in [0.25, 0.3) is 6.08 Å². The van der Waals surface area contributed by atoms with Gasteiger partial charge in [-0.3, -0.25) is 4.79 Å². The molecular weight excluding hydrogens is 304 g/mol. The molecule has 0 saturated heterocycles. The van der Waals surface area contributed by atoms with Gasteiger partial charge in [0.1, 0.15) is 11.5 Å². The molecule has 0 bridgehead atoms. The fraction of sp³-hybridized carbons (Fsp3) is 0.158. The number of nitrogens with one attached hydrogen (secondary N) is 1. The zero-order chi connectivity index (χ0) is 17.1. The maximum absolute atomic E-state index is 12.2. The van der Waals surface area contributed by atoms with E-state index >= 15 is 0 Å². The minimum absolute atomic E-state index is 0.222. The number of carbonyl (C=O) groups excluding carboxylic acids is 1. The van der Waals surface area contributed by atoms with E-state index in [-0.39, 0.29) is 5.91 Å². The van der Waals surface area contributed by atoms with Crippen LogP contribution in [0.15, 0.2) is 53.2 Å². The number of amides is 1. The second-order valence-electron chi connectivity index (χ2n) is 5.42. The van der Waals surface area contributed by atoms with E-state index in [2.05, 4.69) is 10.3 Å². The smallest absolute Gasteiger partial charge is 0.275 e. The number of aliphatic imine (C=N–C) groups is 1. The predicted octanol–water partition coefficient (Wildman–Crippen LogP) is 2.93. The summed E-state index contributed by atoms with van der Waals surface area (Å²) in [5.41, 5.74) is 3.24. The Bertz CT molecular complexity index is 836. The van der Waals surface area contributed by atoms with Gasteiger partial charge in [0.15, 0.2) is 11.5 Å². The summed E-state index contributed by atoms with van der Waals surface area (Å²) in [5.74, 6) is 1.49. The van der Waals surface area contributed by atoms with Crippen LogP contribution in [-0.2, 0) is 4.79 Å². The first-order valence-electron chi connectivity index (χ1n) is 7.51. The molecule has 0 spiro atoms. The van der Waals surface area contributed by atoms with Crippen LogP contribution in [-0.4, -0.2) is 26.0 Å². The first kappa shape index (κ1) is 15.8. The molecule has 0 aliphatic carbocycles. The average molecular weight is 322 g/mol. The number of rotatable bonds is 4. The van der Waals surface area contributed by atoms with Crippen LogP contribution in [0.4, 0.5) is 0 Å². The number of hydrogen-bond acceptors (Lipinski definition) is 4. The van der Waals surface area contributed by atoms with Gasteiger partial charge < -0.3 is 14.8 Å². The van der Waals surface area contributed by atoms with Crippen molar-refractivity contribution in [2.45, 2.75) is 6.92 Å². The van der Waals surface area contributed by atoms with Crippen LogP contribution < -0.4 is 14.8 Å². The van der Waals surface area contributed by atoms with Crippen molar-refractivity contribution in [2.75, 3.05) is 14.2 Å². The summed E-state index contributed by atoms with van der Waals surface area (Å²) in [5, 5.41) is 2.79. The van der Waals surface area contributed by atoms with Crippen molar-refractivity contribution in [3.63, 3.8) is 0 Å². The molecule has 24 heavy (non-hydrogen) atoms. The molecule has 1 aliphatic heterocycles. The number of hydrogen-bond donors (Lipinski definition) is 1. The fourth-order valence-corrected chi connectivity index (χ4v) is 2.41. The third-order valence-electron chi connectivity index (χ3n) is 3.73. The van der Waals surface area contributed by atoms with E-state index in [1.54, 1.807) is 32.4 Å². The van der Waals surface area contributed by atoms with Gasteiger partial charge in [0.05, 0.1) is 14.2 Å². The lowest BCUT2D eigenvalue weighted by atomic mass is 10.1. The first-order valence-corrected chi connectivity index (χ1v) is 7.51. The summed E-state index contributed by atoms with van der Waals surface area (Å²) in [4.78, 5) is 16.6. The molecule has 0 radical (unpaired) electrons. The second kappa shape index (κ2) is 6.58. The molecule has 0 saturated carbocycles. The highest BCUT2D eigenvalue weighted by molar-refractivity contribution is 6.19. The van der Waals surface area contributed by atoms with Crippen molar-refractivity contribution in [1.82, 2.24) is 5.32 Å². The second-order valence-corrected chi connectivity index (χ2v) is 5.42. The molecule has 1 heterocycles. The van der Waals surface area contributed by atoms with Gasteiger partial charge in [-0.15, -0.1) is 0 Å². The van der Waals surface area contributed by atoms with E-state index in [9.17, 15) is 4.79 Å². The summed E-state index contributed by atoms with van der Waals surface area (Å²) in [6.45, 7) is 2.02. The molecule has 5 heteroatoms. The lowest BCUT2D eigenvalue weighted by molar-refractivity contribution is -0.115. The summed E-state index contributed by atoms with van der Waals surface area (Å²) in [6.07, 6.45) is 1.77. The van der Waals surface area contributed by atoms with Gasteiger partial charge in [-0.25, -0.2) is 4.99 Å². The van der Waals surface area contributed by atoms with Gasteiger partial charge in [0.25, 0.3) is 5.91 Å². The quantitative estimate of drug-likeness (QED) is 0.881. The first-order chi connectivity index (χ1) is 11.6. The van der Waals surface area contributed by atoms with Crippen LogP contribution >= 0.6 is 0 Å². The number of ether oxygens (including phenoxy) is 2. The Kier molecular flexibility index (Phi) is 4.33. The lowest BCUT2D eigenvalue weighted by Crippen LogP contribution is -2.24. The fourth-order valence-electron chi connectivity index (χ4n) is 2.41. The van der Waals surface area contributed by atoms with E-state index in [0.29, 0.717) is 23.0 Å². The molecule has 0 atom stereocenters. The van der Waals surface area contributed by atoms with Crippen LogP contribution in [0.2, 0.25) is 0 Å². The maximum atomic E-state index is 12.2. The topological polar surface area (TPSA) is 59.9 Å². The molecule has 0 fully saturated rings. The van der Waals surface area contributed by atoms with E-state index in [4.69, 9.17) is 9.47 Å². The number of benzene rings is 2. The lowest BCUT2D eigenvalue weighted by Gasteiger charge is -2.09. The summed E-state index contributed by atoms with van der Waals surface area (Å²) >= 11 is 0. The predicted molar refractivity (Wildman–Crippen MR) is 93.4 cm³/mol. The Morgan fingerprint density at radius 1 is 1.00 bits per heavy atom. The molecule has 2 aromatic carbocycles. The molecule has 0 aromatic heterocycles. The van der Waals surface area contributed by atoms with Crippen molar-refractivity contribution in [3.05, 3.63) is 64.9 Å². The molecule has 5 nitrogen and oxygen atoms in total. The summed E-state index contributed by atoms with van der Waals surface area (Å²) < 4.78 is 10.5. The normalized spacial score (nSPS) is 15.2. The van der Waals surface area contributed by atoms with Crippen LogP contribution in [0.5, 0.6) is 11.5 Å². The van der Waals surface area contributed by atoms with Crippen LogP contribution in [0.3, 0.4) is 0 Å². The average Bonchev–Trinajstić information content (AvgIpc) is 2.97. The number of amidine groups is 1. The van der Waals surface area contributed by atoms with Gasteiger partial charge in [-0.1, -0.05) is 29.8 Å². The Labute approximate surface area is 140 Å². The Morgan fingerprint density at radius 3 is 2.38 bits per heavy atom. The maximum Gasteiger partial charge on any atom is 0.275 e. The monoisotopic (exact) mass is 322 g/mol. The highest BCUT2D eigenvalue weighted by Crippen LogP contribution is 2.28. The molecule has 122 valence electrons. The van der Waals surface area contributed by atoms with E-state index in [1.807, 2.05) is 37.3 Å². The van der Waals surface area contributed by atoms with Gasteiger partial charge >= 0.3 is 0 Å². The largest absolute Gasteiger partial charge is 0.493 e. The minimum Gasteiger partial charge on any atom is -0.493 e. The number of methoxy groups -OCH3 is 2. The highest BCUT2D eigenvalue weighted by atomic mass is 16.5. The summed E-state index contributed by atoms with van der Waals surface area (Å²) in [7, 11) is 3.15. The number of nitrogens with zero attached hydrogens (tertiary/aromatic N) is 1. The molecule has 3 rings (SSSR count). The standard InChI is InChI=1S/C19H18N2O3/c1-12-4-6-13(7-5-12)10-15-19(22)21-18(20-15)14-8-9-16(23-2)17(11-14)24-3/h4-11H,1-3H3,(H,20,21,22)/b15-10+. The molecule has 1 amide bonds. The molecule has 0 unspecified atom stereocenters. The van der Waals surface area contributed by atoms with E-state index in [1.165, 1.54) is 5.56 Å². The van der Waals surface area contributed by atoms with Crippen molar-refractivity contribution >= 4 is 17.8 Å². The third-order valence-corrected chi connectivity index (χ3v) is 3.73. The van der Waals surface area contributed by atoms with Crippen molar-refractivity contribution in [2.24, 2.45) is 4.99 Å². The zero-order valence-electron chi connectivity index (χ0n) is 13.8. The van der Waals surface area contributed by atoms with Crippen molar-refractivity contribution in [3.8, 4) is 11.5 Å². The van der Waals surface area contributed by atoms with Crippen molar-refractivity contribution in [1.29, 1.82) is 0 Å². The van der Waals surface area contributed by atoms with Gasteiger partial charge in [-0.2, -0.15) is 0 Å². The SMILES string of the molecule is COc1ccc(C2=N/C(=C/c3ccc(C)cc3)C(=O)N2)cc1OC. The number of aryl methyl sites for hydroxylation is 1. The summed E-state index contributed by atoms with van der Waals surface area (Å²) in [6, 6.07) is 13.3. The Balaban J connectivity index is 1.93. The van der Waals surface area contributed by atoms with Gasteiger partial charge in [-0.05, 0) is 36.8 Å². The van der Waals surface area contributed by atoms with E-state index < -0.39 is 0 Å². The van der Waals surface area contributed by atoms with Gasteiger partial charge in [0, 0.05) is 5.56 Å². The van der Waals surface area contributed by atoms with Crippen molar-refractivity contribution < 1.29 is 14.3 Å². The molecule has 1 N–H and O–H groups in total. The Morgan fingerprint density at radius 2 is 1.71 bits per heavy atom. The number of carbonyl (C=O) groups is 1. The molecule has 1 aliphatic rings. The highest BCUT2D eigenvalue weighted by Gasteiger charge is 2.22. The third kappa shape index (κ3) is 3.15. The molecular formula is C19H18N2O3. The zero-order valence-corrected chi connectivity index (χ0v) is 13.8. The van der Waals surface area contributed by atoms with Crippen LogP contribution in [0.1, 0.15) is 16.7 Å². The minimum atomic E-state index is -0.222. The van der Waals surface area contributed by atoms with Crippen LogP contribution in [0, 0.1) is 6.92 Å². The Hall–Kier alpha value is -3.08.